The first kappa shape index (κ1) is 17.1. The van der Waals surface area contributed by atoms with Crippen LogP contribution in [-0.2, 0) is 4.79 Å². The van der Waals surface area contributed by atoms with Crippen LogP contribution < -0.4 is 10.9 Å². The second-order valence-electron chi connectivity index (χ2n) is 6.01. The number of nitrogens with zero attached hydrogens (tertiary/aromatic N) is 3. The highest BCUT2D eigenvalue weighted by Gasteiger charge is 2.27. The third-order valence-electron chi connectivity index (χ3n) is 3.89. The summed E-state index contributed by atoms with van der Waals surface area (Å²) in [6.45, 7) is 3.69. The molecule has 0 spiro atoms. The fourth-order valence-electron chi connectivity index (χ4n) is 2.65. The molecule has 1 aromatic heterocycles. The van der Waals surface area contributed by atoms with Gasteiger partial charge < -0.3 is 5.32 Å². The fourth-order valence-corrected chi connectivity index (χ4v) is 2.83. The van der Waals surface area contributed by atoms with Gasteiger partial charge in [-0.1, -0.05) is 54.9 Å². The van der Waals surface area contributed by atoms with Crippen molar-refractivity contribution in [2.24, 2.45) is 5.92 Å². The van der Waals surface area contributed by atoms with Gasteiger partial charge in [-0.15, -0.1) is 5.10 Å². The summed E-state index contributed by atoms with van der Waals surface area (Å²) in [6.07, 6.45) is 0. The minimum atomic E-state index is -0.805. The Morgan fingerprint density at radius 2 is 1.80 bits per heavy atom. The van der Waals surface area contributed by atoms with E-state index in [1.165, 1.54) is 0 Å². The molecular weight excluding hydrogens is 340 g/mol. The smallest absolute Gasteiger partial charge is 0.278 e. The van der Waals surface area contributed by atoms with Gasteiger partial charge in [0.1, 0.15) is 11.6 Å². The summed E-state index contributed by atoms with van der Waals surface area (Å²) in [5.74, 6) is -0.537. The number of carbonyl (C=O) groups excluding carboxylic acids is 1. The van der Waals surface area contributed by atoms with Crippen LogP contribution in [0.4, 0.5) is 5.69 Å². The molecule has 0 fully saturated rings. The van der Waals surface area contributed by atoms with E-state index in [2.05, 4.69) is 15.6 Å². The zero-order valence-corrected chi connectivity index (χ0v) is 14.6. The number of hydrogen-bond acceptors (Lipinski definition) is 4. The van der Waals surface area contributed by atoms with Crippen molar-refractivity contribution in [3.05, 3.63) is 63.9 Å². The number of fused-ring (bicyclic) bond motifs is 1. The Morgan fingerprint density at radius 1 is 1.12 bits per heavy atom. The Bertz CT molecular complexity index is 984. The number of nitrogens with one attached hydrogen (secondary N) is 1. The Balaban J connectivity index is 2.02. The first-order valence-corrected chi connectivity index (χ1v) is 8.26. The van der Waals surface area contributed by atoms with Crippen molar-refractivity contribution in [3.8, 4) is 0 Å². The molecule has 0 bridgehead atoms. The van der Waals surface area contributed by atoms with Crippen LogP contribution in [0.2, 0.25) is 5.02 Å². The lowest BCUT2D eigenvalue weighted by atomic mass is 10.0. The van der Waals surface area contributed by atoms with Gasteiger partial charge in [0.25, 0.3) is 5.56 Å². The summed E-state index contributed by atoms with van der Waals surface area (Å²) in [6, 6.07) is 13.0. The monoisotopic (exact) mass is 356 g/mol. The first-order chi connectivity index (χ1) is 12.0. The zero-order chi connectivity index (χ0) is 18.0. The SMILES string of the molecule is CC(C)C(C(=O)Nc1ccccc1Cl)n1nnc2ccccc2c1=O. The first-order valence-electron chi connectivity index (χ1n) is 7.88. The molecule has 0 saturated carbocycles. The van der Waals surface area contributed by atoms with Crippen LogP contribution in [0.15, 0.2) is 53.3 Å². The lowest BCUT2D eigenvalue weighted by molar-refractivity contribution is -0.120. The quantitative estimate of drug-likeness (QED) is 0.778. The van der Waals surface area contributed by atoms with E-state index in [0.29, 0.717) is 21.6 Å². The van der Waals surface area contributed by atoms with Gasteiger partial charge in [-0.05, 0) is 30.2 Å². The number of para-hydroxylation sites is 1. The van der Waals surface area contributed by atoms with Gasteiger partial charge in [-0.25, -0.2) is 0 Å². The van der Waals surface area contributed by atoms with Crippen LogP contribution in [0.1, 0.15) is 19.9 Å². The van der Waals surface area contributed by atoms with E-state index in [1.54, 1.807) is 48.5 Å². The number of amides is 1. The number of rotatable bonds is 4. The molecule has 3 rings (SSSR count). The topological polar surface area (TPSA) is 76.9 Å². The molecule has 7 heteroatoms. The summed E-state index contributed by atoms with van der Waals surface area (Å²) in [4.78, 5) is 25.6. The predicted octanol–water partition coefficient (Wildman–Crippen LogP) is 3.28. The largest absolute Gasteiger partial charge is 0.323 e. The zero-order valence-electron chi connectivity index (χ0n) is 13.8. The molecule has 1 heterocycles. The molecule has 6 nitrogen and oxygen atoms in total. The molecule has 1 unspecified atom stereocenters. The molecule has 1 amide bonds. The maximum atomic E-state index is 12.8. The third-order valence-corrected chi connectivity index (χ3v) is 4.22. The van der Waals surface area contributed by atoms with E-state index in [1.807, 2.05) is 13.8 Å². The molecule has 2 aromatic carbocycles. The lowest BCUT2D eigenvalue weighted by Crippen LogP contribution is -2.38. The van der Waals surface area contributed by atoms with Gasteiger partial charge in [0, 0.05) is 0 Å². The molecule has 1 atom stereocenters. The second kappa shape index (κ2) is 7.03. The third kappa shape index (κ3) is 3.39. The average molecular weight is 357 g/mol. The van der Waals surface area contributed by atoms with Crippen LogP contribution in [0.3, 0.4) is 0 Å². The molecule has 0 aliphatic heterocycles. The van der Waals surface area contributed by atoms with Crippen molar-refractivity contribution < 1.29 is 4.79 Å². The summed E-state index contributed by atoms with van der Waals surface area (Å²) in [5.41, 5.74) is 0.637. The van der Waals surface area contributed by atoms with Gasteiger partial charge in [0.05, 0.1) is 16.1 Å². The molecule has 0 aliphatic rings. The molecule has 25 heavy (non-hydrogen) atoms. The number of anilines is 1. The van der Waals surface area contributed by atoms with Crippen LogP contribution in [0, 0.1) is 5.92 Å². The van der Waals surface area contributed by atoms with E-state index in [-0.39, 0.29) is 17.4 Å². The molecule has 0 radical (unpaired) electrons. The molecule has 3 aromatic rings. The summed E-state index contributed by atoms with van der Waals surface area (Å²) < 4.78 is 1.14. The van der Waals surface area contributed by atoms with Crippen LogP contribution >= 0.6 is 11.6 Å². The summed E-state index contributed by atoms with van der Waals surface area (Å²) >= 11 is 6.10. The molecular formula is C18H17ClN4O2. The normalized spacial score (nSPS) is 12.3. The number of halogens is 1. The Labute approximate surface area is 149 Å². The number of carbonyl (C=O) groups is 1. The average Bonchev–Trinajstić information content (AvgIpc) is 2.59. The van der Waals surface area contributed by atoms with E-state index in [4.69, 9.17) is 11.6 Å². The highest BCUT2D eigenvalue weighted by atomic mass is 35.5. The highest BCUT2D eigenvalue weighted by molar-refractivity contribution is 6.33. The molecule has 0 saturated heterocycles. The van der Waals surface area contributed by atoms with Crippen LogP contribution in [0.25, 0.3) is 10.9 Å². The highest BCUT2D eigenvalue weighted by Crippen LogP contribution is 2.24. The van der Waals surface area contributed by atoms with Gasteiger partial charge in [-0.3, -0.25) is 9.59 Å². The Hall–Kier alpha value is -2.73. The minimum Gasteiger partial charge on any atom is -0.323 e. The van der Waals surface area contributed by atoms with E-state index in [9.17, 15) is 9.59 Å². The Kier molecular flexibility index (Phi) is 4.81. The van der Waals surface area contributed by atoms with E-state index >= 15 is 0 Å². The lowest BCUT2D eigenvalue weighted by Gasteiger charge is -2.21. The Morgan fingerprint density at radius 3 is 2.52 bits per heavy atom. The molecule has 128 valence electrons. The van der Waals surface area contributed by atoms with Crippen molar-refractivity contribution in [2.45, 2.75) is 19.9 Å². The second-order valence-corrected chi connectivity index (χ2v) is 6.42. The molecule has 1 N–H and O–H groups in total. The van der Waals surface area contributed by atoms with Crippen molar-refractivity contribution in [3.63, 3.8) is 0 Å². The number of benzene rings is 2. The maximum absolute atomic E-state index is 12.8. The standard InChI is InChI=1S/C18H17ClN4O2/c1-11(2)16(17(24)20-15-10-6-4-8-13(15)19)23-18(25)12-7-3-5-9-14(12)21-22-23/h3-11,16H,1-2H3,(H,20,24). The summed E-state index contributed by atoms with van der Waals surface area (Å²) in [5, 5.41) is 11.7. The predicted molar refractivity (Wildman–Crippen MR) is 97.8 cm³/mol. The van der Waals surface area contributed by atoms with Gasteiger partial charge in [0.15, 0.2) is 0 Å². The van der Waals surface area contributed by atoms with Crippen molar-refractivity contribution in [2.75, 3.05) is 5.32 Å². The van der Waals surface area contributed by atoms with Crippen LogP contribution in [0.5, 0.6) is 0 Å². The van der Waals surface area contributed by atoms with Crippen molar-refractivity contribution >= 4 is 34.1 Å². The van der Waals surface area contributed by atoms with Gasteiger partial charge in [-0.2, -0.15) is 4.68 Å². The van der Waals surface area contributed by atoms with Crippen molar-refractivity contribution in [1.29, 1.82) is 0 Å². The van der Waals surface area contributed by atoms with Gasteiger partial charge in [0.2, 0.25) is 5.91 Å². The fraction of sp³-hybridized carbons (Fsp3) is 0.222. The van der Waals surface area contributed by atoms with E-state index < -0.39 is 6.04 Å². The number of aromatic nitrogens is 3. The number of hydrogen-bond donors (Lipinski definition) is 1. The minimum absolute atomic E-state index is 0.171. The maximum Gasteiger partial charge on any atom is 0.278 e. The van der Waals surface area contributed by atoms with Crippen LogP contribution in [-0.4, -0.2) is 20.9 Å². The van der Waals surface area contributed by atoms with Gasteiger partial charge >= 0.3 is 0 Å². The van der Waals surface area contributed by atoms with Crippen molar-refractivity contribution in [1.82, 2.24) is 15.0 Å². The summed E-state index contributed by atoms with van der Waals surface area (Å²) in [7, 11) is 0. The van der Waals surface area contributed by atoms with E-state index in [0.717, 1.165) is 4.68 Å². The molecule has 0 aliphatic carbocycles.